The van der Waals surface area contributed by atoms with Crippen LogP contribution in [-0.2, 0) is 21.0 Å². The monoisotopic (exact) mass is 285 g/mol. The number of halogens is 1. The van der Waals surface area contributed by atoms with Gasteiger partial charge in [-0.25, -0.2) is 4.98 Å². The molecule has 2 rings (SSSR count). The maximum Gasteiger partial charge on any atom is 0.302 e. The van der Waals surface area contributed by atoms with Gasteiger partial charge in [-0.3, -0.25) is 9.36 Å². The Kier molecular flexibility index (Phi) is 4.13. The second kappa shape index (κ2) is 5.81. The van der Waals surface area contributed by atoms with E-state index in [2.05, 4.69) is 15.0 Å². The van der Waals surface area contributed by atoms with Crippen LogP contribution in [0.3, 0.4) is 0 Å². The molecule has 0 spiro atoms. The van der Waals surface area contributed by atoms with Crippen molar-refractivity contribution in [3.8, 4) is 0 Å². The second-order valence-corrected chi connectivity index (χ2v) is 3.99. The Hall–Kier alpha value is -1.93. The van der Waals surface area contributed by atoms with Crippen molar-refractivity contribution < 1.29 is 14.3 Å². The van der Waals surface area contributed by atoms with E-state index >= 15 is 0 Å². The van der Waals surface area contributed by atoms with Crippen molar-refractivity contribution >= 4 is 34.7 Å². The molecule has 0 saturated carbocycles. The summed E-state index contributed by atoms with van der Waals surface area (Å²) < 4.78 is 11.7. The Balaban J connectivity index is 1.99. The number of nitrogens with two attached hydrogens (primary N) is 1. The van der Waals surface area contributed by atoms with Crippen LogP contribution in [-0.4, -0.2) is 38.7 Å². The fourth-order valence-corrected chi connectivity index (χ4v) is 1.65. The molecule has 0 atom stereocenters. The predicted octanol–water partition coefficient (Wildman–Crippen LogP) is 0.599. The first kappa shape index (κ1) is 13.5. The average Bonchev–Trinajstić information content (AvgIpc) is 2.72. The number of imidazole rings is 1. The van der Waals surface area contributed by atoms with Gasteiger partial charge in [0, 0.05) is 6.92 Å². The van der Waals surface area contributed by atoms with Crippen molar-refractivity contribution in [3.63, 3.8) is 0 Å². The predicted molar refractivity (Wildman–Crippen MR) is 67.3 cm³/mol. The zero-order valence-corrected chi connectivity index (χ0v) is 10.9. The number of ether oxygens (including phenoxy) is 2. The van der Waals surface area contributed by atoms with E-state index in [4.69, 9.17) is 26.8 Å². The summed E-state index contributed by atoms with van der Waals surface area (Å²) in [6, 6.07) is 0. The summed E-state index contributed by atoms with van der Waals surface area (Å²) in [5.74, 6) is -0.275. The smallest absolute Gasteiger partial charge is 0.302 e. The lowest BCUT2D eigenvalue weighted by molar-refractivity contribution is -0.142. The normalized spacial score (nSPS) is 10.8. The van der Waals surface area contributed by atoms with Crippen LogP contribution in [0.2, 0.25) is 5.15 Å². The lowest BCUT2D eigenvalue weighted by Crippen LogP contribution is -2.10. The van der Waals surface area contributed by atoms with Crippen molar-refractivity contribution in [3.05, 3.63) is 11.5 Å². The van der Waals surface area contributed by atoms with Crippen LogP contribution in [0.1, 0.15) is 6.92 Å². The number of aromatic nitrogens is 4. The van der Waals surface area contributed by atoms with E-state index in [0.29, 0.717) is 11.2 Å². The van der Waals surface area contributed by atoms with E-state index in [-0.39, 0.29) is 37.0 Å². The minimum atomic E-state index is -0.344. The first-order chi connectivity index (χ1) is 9.08. The van der Waals surface area contributed by atoms with Gasteiger partial charge in [0.15, 0.2) is 10.8 Å². The van der Waals surface area contributed by atoms with Crippen molar-refractivity contribution in [1.82, 2.24) is 19.5 Å². The number of hydrogen-bond donors (Lipinski definition) is 1. The summed E-state index contributed by atoms with van der Waals surface area (Å²) in [5, 5.41) is 0.196. The minimum absolute atomic E-state index is 0.0687. The number of fused-ring (bicyclic) bond motifs is 1. The summed E-state index contributed by atoms with van der Waals surface area (Å²) in [4.78, 5) is 22.5. The molecule has 9 heteroatoms. The molecule has 0 unspecified atom stereocenters. The number of esters is 1. The summed E-state index contributed by atoms with van der Waals surface area (Å²) in [5.41, 5.74) is 6.46. The number of nitrogens with zero attached hydrogens (tertiary/aromatic N) is 4. The second-order valence-electron chi connectivity index (χ2n) is 3.64. The molecule has 8 nitrogen and oxygen atoms in total. The largest absolute Gasteiger partial charge is 0.463 e. The highest BCUT2D eigenvalue weighted by atomic mass is 35.5. The average molecular weight is 286 g/mol. The van der Waals surface area contributed by atoms with E-state index < -0.39 is 0 Å². The molecular weight excluding hydrogens is 274 g/mol. The molecule has 2 aromatic heterocycles. The zero-order chi connectivity index (χ0) is 13.8. The van der Waals surface area contributed by atoms with Crippen LogP contribution in [0.25, 0.3) is 11.2 Å². The zero-order valence-electron chi connectivity index (χ0n) is 10.2. The Labute approximate surface area is 113 Å². The lowest BCUT2D eigenvalue weighted by Gasteiger charge is -2.06. The topological polar surface area (TPSA) is 105 Å². The van der Waals surface area contributed by atoms with Crippen LogP contribution in [0.5, 0.6) is 0 Å². The highest BCUT2D eigenvalue weighted by Gasteiger charge is 2.10. The van der Waals surface area contributed by atoms with Crippen molar-refractivity contribution in [2.24, 2.45) is 0 Å². The molecule has 0 saturated heterocycles. The first-order valence-corrected chi connectivity index (χ1v) is 5.80. The summed E-state index contributed by atoms with van der Waals surface area (Å²) >= 11 is 5.89. The SMILES string of the molecule is CC(=O)OCCOCn1cnc2c(Cl)nc(N)nc21. The van der Waals surface area contributed by atoms with Gasteiger partial charge in [0.1, 0.15) is 18.9 Å². The molecule has 19 heavy (non-hydrogen) atoms. The van der Waals surface area contributed by atoms with E-state index in [1.165, 1.54) is 13.3 Å². The summed E-state index contributed by atoms with van der Waals surface area (Å²) in [7, 11) is 0. The lowest BCUT2D eigenvalue weighted by atomic mass is 10.5. The Bertz CT molecular complexity index is 600. The third-order valence-corrected chi connectivity index (χ3v) is 2.47. The van der Waals surface area contributed by atoms with Gasteiger partial charge in [-0.2, -0.15) is 9.97 Å². The van der Waals surface area contributed by atoms with Crippen LogP contribution >= 0.6 is 11.6 Å². The molecular formula is C10H12ClN5O3. The molecule has 0 aliphatic heterocycles. The Morgan fingerprint density at radius 2 is 2.26 bits per heavy atom. The van der Waals surface area contributed by atoms with Gasteiger partial charge in [-0.05, 0) is 0 Å². The van der Waals surface area contributed by atoms with Crippen LogP contribution in [0.4, 0.5) is 5.95 Å². The van der Waals surface area contributed by atoms with Gasteiger partial charge in [0.2, 0.25) is 5.95 Å². The quantitative estimate of drug-likeness (QED) is 0.487. The van der Waals surface area contributed by atoms with Gasteiger partial charge in [0.05, 0.1) is 12.9 Å². The number of rotatable bonds is 5. The van der Waals surface area contributed by atoms with Gasteiger partial charge in [-0.15, -0.1) is 0 Å². The first-order valence-electron chi connectivity index (χ1n) is 5.43. The molecule has 0 aliphatic carbocycles. The molecule has 2 N–H and O–H groups in total. The molecule has 0 aliphatic rings. The van der Waals surface area contributed by atoms with Crippen LogP contribution < -0.4 is 5.73 Å². The maximum atomic E-state index is 10.5. The van der Waals surface area contributed by atoms with E-state index in [1.54, 1.807) is 4.57 Å². The van der Waals surface area contributed by atoms with Gasteiger partial charge < -0.3 is 15.2 Å². The fraction of sp³-hybridized carbons (Fsp3) is 0.400. The van der Waals surface area contributed by atoms with Crippen molar-refractivity contribution in [2.45, 2.75) is 13.7 Å². The van der Waals surface area contributed by atoms with E-state index in [9.17, 15) is 4.79 Å². The third-order valence-electron chi connectivity index (χ3n) is 2.20. The number of anilines is 1. The molecule has 0 aromatic carbocycles. The highest BCUT2D eigenvalue weighted by molar-refractivity contribution is 6.33. The molecule has 0 amide bonds. The van der Waals surface area contributed by atoms with Crippen molar-refractivity contribution in [2.75, 3.05) is 18.9 Å². The summed E-state index contributed by atoms with van der Waals surface area (Å²) in [6.07, 6.45) is 1.52. The van der Waals surface area contributed by atoms with Gasteiger partial charge in [0.25, 0.3) is 0 Å². The number of carbonyl (C=O) groups excluding carboxylic acids is 1. The number of nitrogen functional groups attached to an aromatic ring is 1. The van der Waals surface area contributed by atoms with Crippen molar-refractivity contribution in [1.29, 1.82) is 0 Å². The molecule has 2 heterocycles. The molecule has 0 bridgehead atoms. The highest BCUT2D eigenvalue weighted by Crippen LogP contribution is 2.19. The molecule has 102 valence electrons. The van der Waals surface area contributed by atoms with E-state index in [1.807, 2.05) is 0 Å². The minimum Gasteiger partial charge on any atom is -0.463 e. The molecule has 0 radical (unpaired) electrons. The number of carbonyl (C=O) groups is 1. The molecule has 2 aromatic rings. The fourth-order valence-electron chi connectivity index (χ4n) is 1.43. The molecule has 0 fully saturated rings. The standard InChI is InChI=1S/C10H12ClN5O3/c1-6(17)19-3-2-18-5-16-4-13-7-8(11)14-10(12)15-9(7)16/h4H,2-3,5H2,1H3,(H2,12,14,15). The van der Waals surface area contributed by atoms with Crippen LogP contribution in [0.15, 0.2) is 6.33 Å². The maximum absolute atomic E-state index is 10.5. The van der Waals surface area contributed by atoms with Crippen LogP contribution in [0, 0.1) is 0 Å². The third kappa shape index (κ3) is 3.30. The van der Waals surface area contributed by atoms with Gasteiger partial charge in [-0.1, -0.05) is 11.6 Å². The van der Waals surface area contributed by atoms with Gasteiger partial charge >= 0.3 is 5.97 Å². The number of hydrogen-bond acceptors (Lipinski definition) is 7. The Morgan fingerprint density at radius 1 is 1.47 bits per heavy atom. The summed E-state index contributed by atoms with van der Waals surface area (Å²) in [6.45, 7) is 2.00. The Morgan fingerprint density at radius 3 is 3.00 bits per heavy atom. The van der Waals surface area contributed by atoms with E-state index in [0.717, 1.165) is 0 Å².